The van der Waals surface area contributed by atoms with Gasteiger partial charge in [0.25, 0.3) is 0 Å². The van der Waals surface area contributed by atoms with E-state index in [1.807, 2.05) is 13.8 Å². The van der Waals surface area contributed by atoms with Gasteiger partial charge in [-0.3, -0.25) is 0 Å². The topological polar surface area (TPSA) is 43.4 Å². The molecule has 0 aliphatic carbocycles. The van der Waals surface area contributed by atoms with Gasteiger partial charge < -0.3 is 4.74 Å². The lowest BCUT2D eigenvalue weighted by molar-refractivity contribution is 0.242. The monoisotopic (exact) mass is 232 g/mol. The van der Waals surface area contributed by atoms with Crippen molar-refractivity contribution in [1.82, 2.24) is 0 Å². The van der Waals surface area contributed by atoms with Crippen LogP contribution in [-0.4, -0.2) is 14.5 Å². The van der Waals surface area contributed by atoms with Crippen molar-refractivity contribution < 1.29 is 17.0 Å². The molecule has 0 aliphatic heterocycles. The van der Waals surface area contributed by atoms with Crippen LogP contribution < -0.4 is 4.74 Å². The molecule has 0 heterocycles. The molecule has 1 aromatic carbocycles. The number of hydrogen-bond donors (Lipinski definition) is 0. The van der Waals surface area contributed by atoms with Crippen LogP contribution in [0.4, 0.5) is 3.89 Å². The summed E-state index contributed by atoms with van der Waals surface area (Å²) in [6.07, 6.45) is 0.0563. The quantitative estimate of drug-likeness (QED) is 0.748. The van der Waals surface area contributed by atoms with E-state index in [1.165, 1.54) is 12.1 Å². The summed E-state index contributed by atoms with van der Waals surface area (Å²) in [4.78, 5) is 0. The van der Waals surface area contributed by atoms with Gasteiger partial charge in [-0.25, -0.2) is 0 Å². The Hall–Kier alpha value is -1.10. The molecule has 0 saturated heterocycles. The molecule has 1 aromatic rings. The number of halogens is 1. The Morgan fingerprint density at radius 2 is 1.80 bits per heavy atom. The lowest BCUT2D eigenvalue weighted by Gasteiger charge is -2.09. The molecule has 0 radical (unpaired) electrons. The lowest BCUT2D eigenvalue weighted by atomic mass is 10.2. The fraction of sp³-hybridized carbons (Fsp3) is 0.400. The number of rotatable bonds is 4. The van der Waals surface area contributed by atoms with E-state index in [1.54, 1.807) is 12.1 Å². The second kappa shape index (κ2) is 4.61. The van der Waals surface area contributed by atoms with Crippen LogP contribution >= 0.6 is 0 Å². The van der Waals surface area contributed by atoms with E-state index in [-0.39, 0.29) is 6.10 Å². The van der Waals surface area contributed by atoms with Gasteiger partial charge in [0.2, 0.25) is 0 Å². The van der Waals surface area contributed by atoms with Crippen molar-refractivity contribution in [2.75, 3.05) is 0 Å². The molecule has 3 nitrogen and oxygen atoms in total. The van der Waals surface area contributed by atoms with Crippen LogP contribution in [0.1, 0.15) is 19.4 Å². The largest absolute Gasteiger partial charge is 0.491 e. The average molecular weight is 232 g/mol. The maximum Gasteiger partial charge on any atom is 0.306 e. The zero-order chi connectivity index (χ0) is 11.5. The SMILES string of the molecule is CC(C)Oc1ccc(CS(=O)(=O)F)cc1. The van der Waals surface area contributed by atoms with Crippen LogP contribution in [0.5, 0.6) is 5.75 Å². The Balaban J connectivity index is 2.73. The van der Waals surface area contributed by atoms with Crippen molar-refractivity contribution in [3.05, 3.63) is 29.8 Å². The highest BCUT2D eigenvalue weighted by atomic mass is 32.3. The Morgan fingerprint density at radius 3 is 2.20 bits per heavy atom. The summed E-state index contributed by atoms with van der Waals surface area (Å²) in [5.41, 5.74) is 0.411. The highest BCUT2D eigenvalue weighted by Crippen LogP contribution is 2.15. The van der Waals surface area contributed by atoms with Gasteiger partial charge in [-0.2, -0.15) is 8.42 Å². The first-order chi connectivity index (χ1) is 6.87. The summed E-state index contributed by atoms with van der Waals surface area (Å²) in [6, 6.07) is 6.32. The second-order valence-electron chi connectivity index (χ2n) is 3.49. The maximum atomic E-state index is 12.3. The van der Waals surface area contributed by atoms with Crippen molar-refractivity contribution in [1.29, 1.82) is 0 Å². The molecule has 15 heavy (non-hydrogen) atoms. The van der Waals surface area contributed by atoms with Crippen LogP contribution in [0.3, 0.4) is 0 Å². The molecule has 0 aliphatic rings. The molecule has 5 heteroatoms. The molecular weight excluding hydrogens is 219 g/mol. The van der Waals surface area contributed by atoms with Crippen LogP contribution in [0.15, 0.2) is 24.3 Å². The van der Waals surface area contributed by atoms with E-state index < -0.39 is 16.0 Å². The van der Waals surface area contributed by atoms with Crippen LogP contribution in [0.2, 0.25) is 0 Å². The standard InChI is InChI=1S/C10H13FO3S/c1-8(2)14-10-5-3-9(4-6-10)7-15(11,12)13/h3-6,8H,7H2,1-2H3. The maximum absolute atomic E-state index is 12.3. The Labute approximate surface area is 89.1 Å². The van der Waals surface area contributed by atoms with Crippen LogP contribution in [-0.2, 0) is 16.0 Å². The molecule has 0 aromatic heterocycles. The van der Waals surface area contributed by atoms with E-state index in [0.717, 1.165) is 0 Å². The minimum atomic E-state index is -4.45. The third kappa shape index (κ3) is 4.78. The predicted molar refractivity (Wildman–Crippen MR) is 55.9 cm³/mol. The summed E-state index contributed by atoms with van der Waals surface area (Å²) in [5.74, 6) is 0.0552. The molecule has 0 atom stereocenters. The van der Waals surface area contributed by atoms with Gasteiger partial charge >= 0.3 is 10.2 Å². The third-order valence-corrected chi connectivity index (χ3v) is 2.31. The average Bonchev–Trinajstić information content (AvgIpc) is 2.05. The molecule has 0 fully saturated rings. The lowest BCUT2D eigenvalue weighted by Crippen LogP contribution is -2.05. The van der Waals surface area contributed by atoms with Crippen molar-refractivity contribution in [3.8, 4) is 5.75 Å². The smallest absolute Gasteiger partial charge is 0.306 e. The molecule has 1 rings (SSSR count). The van der Waals surface area contributed by atoms with E-state index in [4.69, 9.17) is 4.74 Å². The van der Waals surface area contributed by atoms with E-state index >= 15 is 0 Å². The number of benzene rings is 1. The summed E-state index contributed by atoms with van der Waals surface area (Å²) in [5, 5.41) is 0. The van der Waals surface area contributed by atoms with Crippen molar-refractivity contribution in [3.63, 3.8) is 0 Å². The van der Waals surface area contributed by atoms with Crippen LogP contribution in [0.25, 0.3) is 0 Å². The molecule has 0 N–H and O–H groups in total. The Kier molecular flexibility index (Phi) is 3.68. The molecule has 0 bridgehead atoms. The molecule has 0 amide bonds. The van der Waals surface area contributed by atoms with Crippen molar-refractivity contribution >= 4 is 10.2 Å². The van der Waals surface area contributed by atoms with Crippen molar-refractivity contribution in [2.24, 2.45) is 0 Å². The van der Waals surface area contributed by atoms with E-state index in [2.05, 4.69) is 0 Å². The van der Waals surface area contributed by atoms with Crippen molar-refractivity contribution in [2.45, 2.75) is 25.7 Å². The Morgan fingerprint density at radius 1 is 1.27 bits per heavy atom. The first-order valence-electron chi connectivity index (χ1n) is 4.55. The molecular formula is C10H13FO3S. The Bertz CT molecular complexity index is 409. The van der Waals surface area contributed by atoms with Gasteiger partial charge in [-0.1, -0.05) is 12.1 Å². The van der Waals surface area contributed by atoms with Gasteiger partial charge in [-0.05, 0) is 31.5 Å². The molecule has 0 unspecified atom stereocenters. The van der Waals surface area contributed by atoms with Gasteiger partial charge in [0.05, 0.1) is 6.10 Å². The van der Waals surface area contributed by atoms with E-state index in [0.29, 0.717) is 11.3 Å². The zero-order valence-electron chi connectivity index (χ0n) is 8.60. The van der Waals surface area contributed by atoms with Gasteiger partial charge in [-0.15, -0.1) is 3.89 Å². The summed E-state index contributed by atoms with van der Waals surface area (Å²) < 4.78 is 38.4. The summed E-state index contributed by atoms with van der Waals surface area (Å²) in [6.45, 7) is 3.78. The van der Waals surface area contributed by atoms with Gasteiger partial charge in [0.1, 0.15) is 11.5 Å². The normalized spacial score (nSPS) is 11.7. The molecule has 84 valence electrons. The van der Waals surface area contributed by atoms with Crippen LogP contribution in [0, 0.1) is 0 Å². The highest BCUT2D eigenvalue weighted by Gasteiger charge is 2.08. The van der Waals surface area contributed by atoms with E-state index in [9.17, 15) is 12.3 Å². The first-order valence-corrected chi connectivity index (χ1v) is 6.10. The third-order valence-electron chi connectivity index (χ3n) is 1.63. The highest BCUT2D eigenvalue weighted by molar-refractivity contribution is 7.85. The fourth-order valence-electron chi connectivity index (χ4n) is 1.14. The summed E-state index contributed by atoms with van der Waals surface area (Å²) in [7, 11) is -4.45. The predicted octanol–water partition coefficient (Wildman–Crippen LogP) is 2.27. The first kappa shape index (κ1) is 12.0. The second-order valence-corrected chi connectivity index (χ2v) is 4.86. The van der Waals surface area contributed by atoms with Gasteiger partial charge in [0, 0.05) is 0 Å². The van der Waals surface area contributed by atoms with Gasteiger partial charge in [0.15, 0.2) is 0 Å². The minimum Gasteiger partial charge on any atom is -0.491 e. The fourth-order valence-corrected chi connectivity index (χ4v) is 1.73. The number of hydrogen-bond acceptors (Lipinski definition) is 3. The molecule has 0 spiro atoms. The zero-order valence-corrected chi connectivity index (χ0v) is 9.42. The summed E-state index contributed by atoms with van der Waals surface area (Å²) >= 11 is 0. The molecule has 0 saturated carbocycles. The minimum absolute atomic E-state index is 0.0563. The number of ether oxygens (including phenoxy) is 1.